The molecule has 0 spiro atoms. The fraction of sp³-hybridized carbons (Fsp3) is 0.250. The molecule has 0 fully saturated rings. The highest BCUT2D eigenvalue weighted by Crippen LogP contribution is 2.14. The molecule has 0 unspecified atom stereocenters. The number of carbonyl (C=O) groups excluding carboxylic acids is 1. The van der Waals surface area contributed by atoms with Crippen LogP contribution in [0.5, 0.6) is 0 Å². The Morgan fingerprint density at radius 3 is 2.45 bits per heavy atom. The summed E-state index contributed by atoms with van der Waals surface area (Å²) in [5, 5.41) is 0.489. The monoisotopic (exact) mass is 414 g/mol. The van der Waals surface area contributed by atoms with Gasteiger partial charge in [-0.3, -0.25) is 9.59 Å². The lowest BCUT2D eigenvalue weighted by Gasteiger charge is -2.20. The molecule has 8 nitrogen and oxygen atoms in total. The number of amides is 1. The van der Waals surface area contributed by atoms with Crippen molar-refractivity contribution in [2.45, 2.75) is 25.3 Å². The van der Waals surface area contributed by atoms with E-state index in [1.54, 1.807) is 31.2 Å². The Hall–Kier alpha value is -3.04. The van der Waals surface area contributed by atoms with E-state index in [1.807, 2.05) is 6.92 Å². The molecule has 2 N–H and O–H groups in total. The highest BCUT2D eigenvalue weighted by atomic mass is 32.2. The predicted octanol–water partition coefficient (Wildman–Crippen LogP) is 1.88. The SMILES string of the molecule is CCNS(=O)(=O)c1ccc(C(=O)N(CC)Cc2nc3ccccc3c(=O)[nH]2)cc1. The van der Waals surface area contributed by atoms with Crippen LogP contribution in [0.1, 0.15) is 30.0 Å². The van der Waals surface area contributed by atoms with Gasteiger partial charge >= 0.3 is 0 Å². The molecule has 1 amide bonds. The van der Waals surface area contributed by atoms with E-state index >= 15 is 0 Å². The molecule has 152 valence electrons. The molecule has 0 aliphatic heterocycles. The molecule has 1 heterocycles. The summed E-state index contributed by atoms with van der Waals surface area (Å²) < 4.78 is 26.5. The summed E-state index contributed by atoms with van der Waals surface area (Å²) in [6, 6.07) is 12.7. The number of aromatic amines is 1. The van der Waals surface area contributed by atoms with Crippen LogP contribution in [0, 0.1) is 0 Å². The smallest absolute Gasteiger partial charge is 0.258 e. The number of rotatable bonds is 7. The molecule has 3 rings (SSSR count). The Bertz CT molecular complexity index is 1190. The van der Waals surface area contributed by atoms with E-state index in [4.69, 9.17) is 0 Å². The van der Waals surface area contributed by atoms with Gasteiger partial charge in [0.25, 0.3) is 11.5 Å². The minimum absolute atomic E-state index is 0.0967. The van der Waals surface area contributed by atoms with Gasteiger partial charge in [-0.05, 0) is 43.3 Å². The molecule has 3 aromatic rings. The van der Waals surface area contributed by atoms with Gasteiger partial charge in [0.15, 0.2) is 0 Å². The maximum atomic E-state index is 12.9. The van der Waals surface area contributed by atoms with Gasteiger partial charge in [0.2, 0.25) is 10.0 Å². The van der Waals surface area contributed by atoms with Gasteiger partial charge in [-0.2, -0.15) is 0 Å². The van der Waals surface area contributed by atoms with E-state index in [-0.39, 0.29) is 29.5 Å². The van der Waals surface area contributed by atoms with Crippen LogP contribution >= 0.6 is 0 Å². The summed E-state index contributed by atoms with van der Waals surface area (Å²) in [5.41, 5.74) is 0.658. The van der Waals surface area contributed by atoms with E-state index in [2.05, 4.69) is 14.7 Å². The third-order valence-corrected chi connectivity index (χ3v) is 5.98. The number of H-pyrrole nitrogens is 1. The van der Waals surface area contributed by atoms with Crippen molar-refractivity contribution in [1.29, 1.82) is 0 Å². The number of sulfonamides is 1. The molecule has 0 bridgehead atoms. The van der Waals surface area contributed by atoms with E-state index in [1.165, 1.54) is 29.2 Å². The third kappa shape index (κ3) is 4.52. The fourth-order valence-electron chi connectivity index (χ4n) is 2.95. The normalized spacial score (nSPS) is 11.5. The van der Waals surface area contributed by atoms with Crippen LogP contribution in [0.25, 0.3) is 10.9 Å². The predicted molar refractivity (Wildman–Crippen MR) is 110 cm³/mol. The second-order valence-electron chi connectivity index (χ2n) is 6.37. The molecule has 2 aromatic carbocycles. The average Bonchev–Trinajstić information content (AvgIpc) is 2.71. The van der Waals surface area contributed by atoms with E-state index in [9.17, 15) is 18.0 Å². The summed E-state index contributed by atoms with van der Waals surface area (Å²) in [4.78, 5) is 33.9. The van der Waals surface area contributed by atoms with Crippen molar-refractivity contribution in [3.8, 4) is 0 Å². The molecule has 0 aliphatic rings. The maximum Gasteiger partial charge on any atom is 0.258 e. The van der Waals surface area contributed by atoms with Crippen molar-refractivity contribution in [1.82, 2.24) is 19.6 Å². The van der Waals surface area contributed by atoms with Gasteiger partial charge in [-0.25, -0.2) is 18.1 Å². The van der Waals surface area contributed by atoms with Crippen molar-refractivity contribution in [2.75, 3.05) is 13.1 Å². The van der Waals surface area contributed by atoms with Crippen LogP contribution in [-0.4, -0.2) is 42.3 Å². The largest absolute Gasteiger partial charge is 0.331 e. The maximum absolute atomic E-state index is 12.9. The highest BCUT2D eigenvalue weighted by Gasteiger charge is 2.18. The highest BCUT2D eigenvalue weighted by molar-refractivity contribution is 7.89. The number of aromatic nitrogens is 2. The van der Waals surface area contributed by atoms with Crippen LogP contribution in [0.15, 0.2) is 58.2 Å². The second-order valence-corrected chi connectivity index (χ2v) is 8.14. The molecular weight excluding hydrogens is 392 g/mol. The van der Waals surface area contributed by atoms with Gasteiger partial charge in [-0.1, -0.05) is 19.1 Å². The fourth-order valence-corrected chi connectivity index (χ4v) is 3.99. The van der Waals surface area contributed by atoms with Gasteiger partial charge < -0.3 is 9.88 Å². The minimum Gasteiger partial charge on any atom is -0.331 e. The number of nitrogens with zero attached hydrogens (tertiary/aromatic N) is 2. The Morgan fingerprint density at radius 2 is 1.79 bits per heavy atom. The number of hydrogen-bond acceptors (Lipinski definition) is 5. The lowest BCUT2D eigenvalue weighted by Crippen LogP contribution is -2.32. The molecule has 0 atom stereocenters. The number of carbonyl (C=O) groups is 1. The first kappa shape index (κ1) is 20.7. The second kappa shape index (κ2) is 8.54. The van der Waals surface area contributed by atoms with Gasteiger partial charge in [0, 0.05) is 18.7 Å². The van der Waals surface area contributed by atoms with Crippen LogP contribution in [0.4, 0.5) is 0 Å². The topological polar surface area (TPSA) is 112 Å². The van der Waals surface area contributed by atoms with Crippen molar-refractivity contribution in [3.63, 3.8) is 0 Å². The van der Waals surface area contributed by atoms with Gasteiger partial charge in [0.1, 0.15) is 5.82 Å². The molecule has 1 aromatic heterocycles. The Morgan fingerprint density at radius 1 is 1.10 bits per heavy atom. The van der Waals surface area contributed by atoms with Crippen molar-refractivity contribution < 1.29 is 13.2 Å². The first-order chi connectivity index (χ1) is 13.9. The molecule has 0 saturated heterocycles. The Balaban J connectivity index is 1.83. The summed E-state index contributed by atoms with van der Waals surface area (Å²) in [6.07, 6.45) is 0. The van der Waals surface area contributed by atoms with Gasteiger partial charge in [-0.15, -0.1) is 0 Å². The molecule has 0 radical (unpaired) electrons. The zero-order valence-corrected chi connectivity index (χ0v) is 17.0. The number of hydrogen-bond donors (Lipinski definition) is 2. The van der Waals surface area contributed by atoms with Crippen molar-refractivity contribution in [3.05, 3.63) is 70.3 Å². The summed E-state index contributed by atoms with van der Waals surface area (Å²) in [6.45, 7) is 4.32. The number of para-hydroxylation sites is 1. The molecule has 0 saturated carbocycles. The molecular formula is C20H22N4O4S. The Kier molecular flexibility index (Phi) is 6.09. The quantitative estimate of drug-likeness (QED) is 0.613. The number of benzene rings is 2. The summed E-state index contributed by atoms with van der Waals surface area (Å²) in [7, 11) is -3.58. The first-order valence-corrected chi connectivity index (χ1v) is 10.7. The third-order valence-electron chi connectivity index (χ3n) is 4.42. The van der Waals surface area contributed by atoms with Crippen LogP contribution in [-0.2, 0) is 16.6 Å². The number of nitrogens with one attached hydrogen (secondary N) is 2. The van der Waals surface area contributed by atoms with Crippen LogP contribution < -0.4 is 10.3 Å². The van der Waals surface area contributed by atoms with Crippen LogP contribution in [0.3, 0.4) is 0 Å². The zero-order chi connectivity index (χ0) is 21.0. The lowest BCUT2D eigenvalue weighted by molar-refractivity contribution is 0.0748. The Labute approximate surface area is 168 Å². The van der Waals surface area contributed by atoms with E-state index < -0.39 is 10.0 Å². The average molecular weight is 414 g/mol. The minimum atomic E-state index is -3.58. The van der Waals surface area contributed by atoms with Gasteiger partial charge in [0.05, 0.1) is 22.3 Å². The van der Waals surface area contributed by atoms with Crippen LogP contribution in [0.2, 0.25) is 0 Å². The lowest BCUT2D eigenvalue weighted by atomic mass is 10.2. The van der Waals surface area contributed by atoms with Crippen molar-refractivity contribution >= 4 is 26.8 Å². The standard InChI is InChI=1S/C20H22N4O4S/c1-3-21-29(27,28)15-11-9-14(10-12-15)20(26)24(4-2)13-18-22-17-8-6-5-7-16(17)19(25)23-18/h5-12,21H,3-4,13H2,1-2H3,(H,22,23,25). The number of fused-ring (bicyclic) bond motifs is 1. The molecule has 29 heavy (non-hydrogen) atoms. The molecule has 9 heteroatoms. The van der Waals surface area contributed by atoms with Crippen molar-refractivity contribution in [2.24, 2.45) is 0 Å². The van der Waals surface area contributed by atoms with E-state index in [0.29, 0.717) is 28.8 Å². The summed E-state index contributed by atoms with van der Waals surface area (Å²) >= 11 is 0. The zero-order valence-electron chi connectivity index (χ0n) is 16.2. The first-order valence-electron chi connectivity index (χ1n) is 9.22. The molecule has 0 aliphatic carbocycles. The summed E-state index contributed by atoms with van der Waals surface area (Å²) in [5.74, 6) is 0.103. The van der Waals surface area contributed by atoms with E-state index in [0.717, 1.165) is 0 Å².